The first-order valence-electron chi connectivity index (χ1n) is 9.27. The molecule has 4 aromatic rings. The van der Waals surface area contributed by atoms with Gasteiger partial charge in [-0.15, -0.1) is 0 Å². The van der Waals surface area contributed by atoms with Crippen molar-refractivity contribution in [3.63, 3.8) is 0 Å². The number of rotatable bonds is 3. The van der Waals surface area contributed by atoms with Crippen molar-refractivity contribution in [3.8, 4) is 0 Å². The number of nitrogens with one attached hydrogen (secondary N) is 1. The SMILES string of the molecule is c1ccc2cc(C(c3c[nH]c4ccccc34)N3CCOCC3)ccc2c1. The van der Waals surface area contributed by atoms with E-state index in [-0.39, 0.29) is 6.04 Å². The number of hydrogen-bond donors (Lipinski definition) is 1. The number of hydrogen-bond acceptors (Lipinski definition) is 2. The first-order valence-corrected chi connectivity index (χ1v) is 9.27. The van der Waals surface area contributed by atoms with Crippen LogP contribution in [0.1, 0.15) is 17.2 Å². The number of nitrogens with zero attached hydrogens (tertiary/aromatic N) is 1. The minimum atomic E-state index is 0.236. The Bertz CT molecular complexity index is 1050. The number of aromatic amines is 1. The van der Waals surface area contributed by atoms with Gasteiger partial charge in [-0.2, -0.15) is 0 Å². The van der Waals surface area contributed by atoms with Crippen molar-refractivity contribution in [3.05, 3.63) is 84.1 Å². The first-order chi connectivity index (χ1) is 12.9. The highest BCUT2D eigenvalue weighted by Gasteiger charge is 2.26. The zero-order chi connectivity index (χ0) is 17.3. The molecule has 1 aromatic heterocycles. The molecule has 26 heavy (non-hydrogen) atoms. The summed E-state index contributed by atoms with van der Waals surface area (Å²) in [7, 11) is 0. The van der Waals surface area contributed by atoms with Crippen molar-refractivity contribution < 1.29 is 4.74 Å². The summed E-state index contributed by atoms with van der Waals surface area (Å²) in [5, 5.41) is 3.89. The lowest BCUT2D eigenvalue weighted by molar-refractivity contribution is 0.0242. The highest BCUT2D eigenvalue weighted by atomic mass is 16.5. The molecule has 1 aliphatic heterocycles. The third-order valence-electron chi connectivity index (χ3n) is 5.42. The molecule has 1 unspecified atom stereocenters. The molecule has 3 nitrogen and oxygen atoms in total. The molecule has 2 heterocycles. The zero-order valence-corrected chi connectivity index (χ0v) is 14.7. The lowest BCUT2D eigenvalue weighted by Gasteiger charge is -2.35. The van der Waals surface area contributed by atoms with Crippen LogP contribution in [-0.4, -0.2) is 36.2 Å². The Morgan fingerprint density at radius 1 is 0.846 bits per heavy atom. The predicted molar refractivity (Wildman–Crippen MR) is 106 cm³/mol. The Morgan fingerprint density at radius 2 is 1.62 bits per heavy atom. The summed E-state index contributed by atoms with van der Waals surface area (Å²) >= 11 is 0. The Morgan fingerprint density at radius 3 is 2.50 bits per heavy atom. The Kier molecular flexibility index (Phi) is 3.96. The Hall–Kier alpha value is -2.62. The van der Waals surface area contributed by atoms with E-state index < -0.39 is 0 Å². The van der Waals surface area contributed by atoms with Gasteiger partial charge in [0.25, 0.3) is 0 Å². The van der Waals surface area contributed by atoms with Gasteiger partial charge in [0, 0.05) is 30.2 Å². The van der Waals surface area contributed by atoms with Gasteiger partial charge < -0.3 is 9.72 Å². The van der Waals surface area contributed by atoms with E-state index in [9.17, 15) is 0 Å². The standard InChI is InChI=1S/C23H22N2O/c1-2-6-18-15-19(10-9-17(18)5-1)23(25-11-13-26-14-12-25)21-16-24-22-8-4-3-7-20(21)22/h1-10,15-16,23-24H,11-14H2. The summed E-state index contributed by atoms with van der Waals surface area (Å²) < 4.78 is 5.61. The fourth-order valence-corrected chi connectivity index (χ4v) is 4.12. The van der Waals surface area contributed by atoms with E-state index >= 15 is 0 Å². The lowest BCUT2D eigenvalue weighted by Crippen LogP contribution is -2.39. The molecule has 0 bridgehead atoms. The number of aromatic nitrogens is 1. The number of fused-ring (bicyclic) bond motifs is 2. The molecule has 1 aliphatic rings. The molecular weight excluding hydrogens is 320 g/mol. The van der Waals surface area contributed by atoms with Crippen LogP contribution in [0, 0.1) is 0 Å². The molecule has 5 rings (SSSR count). The highest BCUT2D eigenvalue weighted by Crippen LogP contribution is 2.35. The molecule has 1 N–H and O–H groups in total. The monoisotopic (exact) mass is 342 g/mol. The van der Waals surface area contributed by atoms with E-state index in [0.29, 0.717) is 0 Å². The summed E-state index contributed by atoms with van der Waals surface area (Å²) in [5.74, 6) is 0. The van der Waals surface area contributed by atoms with Crippen molar-refractivity contribution in [2.24, 2.45) is 0 Å². The van der Waals surface area contributed by atoms with Crippen LogP contribution in [0.4, 0.5) is 0 Å². The molecule has 3 heteroatoms. The van der Waals surface area contributed by atoms with Crippen LogP contribution in [0.15, 0.2) is 72.9 Å². The molecular formula is C23H22N2O. The summed E-state index contributed by atoms with van der Waals surface area (Å²) in [5.41, 5.74) is 3.88. The van der Waals surface area contributed by atoms with Gasteiger partial charge in [0.2, 0.25) is 0 Å². The second-order valence-electron chi connectivity index (χ2n) is 6.95. The average molecular weight is 342 g/mol. The van der Waals surface area contributed by atoms with Gasteiger partial charge in [-0.3, -0.25) is 4.90 Å². The van der Waals surface area contributed by atoms with Crippen LogP contribution in [-0.2, 0) is 4.74 Å². The van der Waals surface area contributed by atoms with Crippen LogP contribution in [0.25, 0.3) is 21.7 Å². The molecule has 0 amide bonds. The van der Waals surface area contributed by atoms with E-state index in [2.05, 4.69) is 82.8 Å². The average Bonchev–Trinajstić information content (AvgIpc) is 3.13. The van der Waals surface area contributed by atoms with Crippen LogP contribution in [0.2, 0.25) is 0 Å². The van der Waals surface area contributed by atoms with Gasteiger partial charge in [0.15, 0.2) is 0 Å². The Balaban J connectivity index is 1.67. The van der Waals surface area contributed by atoms with Gasteiger partial charge in [-0.05, 0) is 34.0 Å². The summed E-state index contributed by atoms with van der Waals surface area (Å²) in [4.78, 5) is 6.00. The topological polar surface area (TPSA) is 28.3 Å². The van der Waals surface area contributed by atoms with Crippen molar-refractivity contribution in [1.29, 1.82) is 0 Å². The Labute approximate surface area is 153 Å². The molecule has 0 radical (unpaired) electrons. The van der Waals surface area contributed by atoms with Gasteiger partial charge in [0.05, 0.1) is 19.3 Å². The van der Waals surface area contributed by atoms with Crippen LogP contribution in [0.3, 0.4) is 0 Å². The van der Waals surface area contributed by atoms with Gasteiger partial charge in [0.1, 0.15) is 0 Å². The van der Waals surface area contributed by atoms with E-state index in [1.54, 1.807) is 0 Å². The first kappa shape index (κ1) is 15.6. The molecule has 0 spiro atoms. The third kappa shape index (κ3) is 2.70. The maximum absolute atomic E-state index is 5.61. The van der Waals surface area contributed by atoms with E-state index in [1.165, 1.54) is 32.8 Å². The van der Waals surface area contributed by atoms with Crippen molar-refractivity contribution in [2.45, 2.75) is 6.04 Å². The second-order valence-corrected chi connectivity index (χ2v) is 6.95. The fraction of sp³-hybridized carbons (Fsp3) is 0.217. The minimum Gasteiger partial charge on any atom is -0.379 e. The predicted octanol–water partition coefficient (Wildman–Crippen LogP) is 4.74. The van der Waals surface area contributed by atoms with Gasteiger partial charge in [-0.1, -0.05) is 54.6 Å². The van der Waals surface area contributed by atoms with Crippen LogP contribution < -0.4 is 0 Å². The molecule has 0 saturated carbocycles. The summed E-state index contributed by atoms with van der Waals surface area (Å²) in [6, 6.07) is 24.3. The molecule has 0 aliphatic carbocycles. The summed E-state index contributed by atoms with van der Waals surface area (Å²) in [6.07, 6.45) is 2.18. The van der Waals surface area contributed by atoms with E-state index in [0.717, 1.165) is 26.3 Å². The second kappa shape index (κ2) is 6.60. The molecule has 130 valence electrons. The molecule has 3 aromatic carbocycles. The number of para-hydroxylation sites is 1. The maximum Gasteiger partial charge on any atom is 0.0624 e. The highest BCUT2D eigenvalue weighted by molar-refractivity contribution is 5.86. The van der Waals surface area contributed by atoms with E-state index in [1.807, 2.05) is 0 Å². The summed E-state index contributed by atoms with van der Waals surface area (Å²) in [6.45, 7) is 3.51. The number of benzene rings is 3. The van der Waals surface area contributed by atoms with E-state index in [4.69, 9.17) is 4.74 Å². The van der Waals surface area contributed by atoms with Crippen LogP contribution in [0.5, 0.6) is 0 Å². The van der Waals surface area contributed by atoms with Gasteiger partial charge >= 0.3 is 0 Å². The number of ether oxygens (including phenoxy) is 1. The lowest BCUT2D eigenvalue weighted by atomic mass is 9.94. The van der Waals surface area contributed by atoms with Crippen molar-refractivity contribution in [2.75, 3.05) is 26.3 Å². The van der Waals surface area contributed by atoms with Crippen molar-refractivity contribution in [1.82, 2.24) is 9.88 Å². The normalized spacial score (nSPS) is 16.9. The van der Waals surface area contributed by atoms with Crippen LogP contribution >= 0.6 is 0 Å². The van der Waals surface area contributed by atoms with Crippen molar-refractivity contribution >= 4 is 21.7 Å². The molecule has 1 fully saturated rings. The minimum absolute atomic E-state index is 0.236. The smallest absolute Gasteiger partial charge is 0.0624 e. The molecule has 1 atom stereocenters. The maximum atomic E-state index is 5.61. The zero-order valence-electron chi connectivity index (χ0n) is 14.7. The third-order valence-corrected chi connectivity index (χ3v) is 5.42. The van der Waals surface area contributed by atoms with Gasteiger partial charge in [-0.25, -0.2) is 0 Å². The quantitative estimate of drug-likeness (QED) is 0.582. The fourth-order valence-electron chi connectivity index (χ4n) is 4.12. The number of morpholine rings is 1. The largest absolute Gasteiger partial charge is 0.379 e. The molecule has 1 saturated heterocycles. The number of H-pyrrole nitrogens is 1.